The molecule has 0 atom stereocenters. The van der Waals surface area contributed by atoms with Gasteiger partial charge in [0.25, 0.3) is 5.91 Å². The molecule has 0 aliphatic rings. The van der Waals surface area contributed by atoms with Crippen LogP contribution in [0.2, 0.25) is 10.0 Å². The van der Waals surface area contributed by atoms with Crippen LogP contribution in [0.25, 0.3) is 6.08 Å². The Bertz CT molecular complexity index is 1200. The van der Waals surface area contributed by atoms with Gasteiger partial charge >= 0.3 is 5.97 Å². The highest BCUT2D eigenvalue weighted by Crippen LogP contribution is 2.30. The minimum atomic E-state index is -0.654. The van der Waals surface area contributed by atoms with Crippen molar-refractivity contribution >= 4 is 58.2 Å². The van der Waals surface area contributed by atoms with Crippen molar-refractivity contribution in [2.24, 2.45) is 0 Å². The zero-order chi connectivity index (χ0) is 22.4. The molecule has 3 rings (SSSR count). The standard InChI is InChI=1S/C22H14Cl2N2O4S/c1-29-19-10-13(4-7-18(19)30-22(28)20-3-2-8-31-20)9-14(12-25)21(27)26-17-11-15(23)5-6-16(17)24/h2-11H,1H3,(H,26,27)/b14-9+. The van der Waals surface area contributed by atoms with Crippen molar-refractivity contribution in [3.8, 4) is 17.6 Å². The monoisotopic (exact) mass is 472 g/mol. The highest BCUT2D eigenvalue weighted by atomic mass is 35.5. The number of nitriles is 1. The number of hydrogen-bond donors (Lipinski definition) is 1. The first-order chi connectivity index (χ1) is 14.9. The van der Waals surface area contributed by atoms with Crippen molar-refractivity contribution in [3.05, 3.63) is 80.0 Å². The van der Waals surface area contributed by atoms with Gasteiger partial charge in [0.2, 0.25) is 0 Å². The summed E-state index contributed by atoms with van der Waals surface area (Å²) in [5.41, 5.74) is 0.617. The average Bonchev–Trinajstić information content (AvgIpc) is 3.30. The van der Waals surface area contributed by atoms with Gasteiger partial charge in [-0.3, -0.25) is 4.79 Å². The third kappa shape index (κ3) is 5.64. The highest BCUT2D eigenvalue weighted by molar-refractivity contribution is 7.12. The van der Waals surface area contributed by atoms with Crippen LogP contribution in [-0.2, 0) is 4.79 Å². The fourth-order valence-corrected chi connectivity index (χ4v) is 3.44. The lowest BCUT2D eigenvalue weighted by Crippen LogP contribution is -2.13. The summed E-state index contributed by atoms with van der Waals surface area (Å²) in [6.07, 6.45) is 1.38. The molecule has 156 valence electrons. The van der Waals surface area contributed by atoms with Gasteiger partial charge in [-0.05, 0) is 53.4 Å². The van der Waals surface area contributed by atoms with Gasteiger partial charge in [0.15, 0.2) is 11.5 Å². The summed E-state index contributed by atoms with van der Waals surface area (Å²) < 4.78 is 10.7. The van der Waals surface area contributed by atoms with Crippen molar-refractivity contribution in [3.63, 3.8) is 0 Å². The van der Waals surface area contributed by atoms with Gasteiger partial charge in [-0.15, -0.1) is 11.3 Å². The maximum atomic E-state index is 12.5. The largest absolute Gasteiger partial charge is 0.493 e. The van der Waals surface area contributed by atoms with Gasteiger partial charge in [0.1, 0.15) is 16.5 Å². The van der Waals surface area contributed by atoms with Crippen LogP contribution in [-0.4, -0.2) is 19.0 Å². The van der Waals surface area contributed by atoms with Gasteiger partial charge in [0.05, 0.1) is 17.8 Å². The van der Waals surface area contributed by atoms with Crippen LogP contribution < -0.4 is 14.8 Å². The average molecular weight is 473 g/mol. The fourth-order valence-electron chi connectivity index (χ4n) is 2.50. The number of amides is 1. The third-order valence-electron chi connectivity index (χ3n) is 3.97. The summed E-state index contributed by atoms with van der Waals surface area (Å²) in [5, 5.41) is 14.4. The number of methoxy groups -OCH3 is 1. The van der Waals surface area contributed by atoms with Gasteiger partial charge < -0.3 is 14.8 Å². The Balaban J connectivity index is 1.82. The normalized spacial score (nSPS) is 10.8. The van der Waals surface area contributed by atoms with Crippen LogP contribution in [0, 0.1) is 11.3 Å². The molecule has 1 amide bonds. The highest BCUT2D eigenvalue weighted by Gasteiger charge is 2.15. The Kier molecular flexibility index (Phi) is 7.32. The number of benzene rings is 2. The van der Waals surface area contributed by atoms with E-state index < -0.39 is 11.9 Å². The minimum Gasteiger partial charge on any atom is -0.493 e. The number of hydrogen-bond acceptors (Lipinski definition) is 6. The minimum absolute atomic E-state index is 0.165. The number of halogens is 2. The number of esters is 1. The van der Waals surface area contributed by atoms with Crippen LogP contribution in [0.1, 0.15) is 15.2 Å². The first kappa shape index (κ1) is 22.4. The summed E-state index contributed by atoms with van der Waals surface area (Å²) in [4.78, 5) is 25.1. The van der Waals surface area contributed by atoms with Gasteiger partial charge in [0, 0.05) is 5.02 Å². The molecule has 0 aliphatic carbocycles. The van der Waals surface area contributed by atoms with Crippen molar-refractivity contribution in [1.29, 1.82) is 5.26 Å². The van der Waals surface area contributed by atoms with Crippen molar-refractivity contribution in [2.75, 3.05) is 12.4 Å². The van der Waals surface area contributed by atoms with E-state index in [2.05, 4.69) is 5.32 Å². The number of rotatable bonds is 6. The molecule has 0 saturated heterocycles. The Hall–Kier alpha value is -3.31. The molecule has 0 radical (unpaired) electrons. The SMILES string of the molecule is COc1cc(/C=C(\C#N)C(=O)Nc2cc(Cl)ccc2Cl)ccc1OC(=O)c1cccs1. The Labute approximate surface area is 192 Å². The molecule has 1 N–H and O–H groups in total. The van der Waals surface area contributed by atoms with E-state index in [1.807, 2.05) is 6.07 Å². The van der Waals surface area contributed by atoms with Crippen molar-refractivity contribution < 1.29 is 19.1 Å². The topological polar surface area (TPSA) is 88.4 Å². The summed E-state index contributed by atoms with van der Waals surface area (Å²) in [6.45, 7) is 0. The first-order valence-corrected chi connectivity index (χ1v) is 10.4. The molecule has 0 saturated carbocycles. The van der Waals surface area contributed by atoms with Crippen molar-refractivity contribution in [1.82, 2.24) is 0 Å². The maximum absolute atomic E-state index is 12.5. The zero-order valence-corrected chi connectivity index (χ0v) is 18.3. The second kappa shape index (κ2) is 10.1. The van der Waals surface area contributed by atoms with Gasteiger partial charge in [-0.25, -0.2) is 4.79 Å². The molecule has 0 unspecified atom stereocenters. The first-order valence-electron chi connectivity index (χ1n) is 8.73. The van der Waals surface area contributed by atoms with E-state index in [-0.39, 0.29) is 27.8 Å². The number of nitrogens with one attached hydrogen (secondary N) is 1. The molecular weight excluding hydrogens is 459 g/mol. The third-order valence-corrected chi connectivity index (χ3v) is 5.38. The van der Waals surface area contributed by atoms with E-state index in [9.17, 15) is 14.9 Å². The molecule has 2 aromatic carbocycles. The second-order valence-electron chi connectivity index (χ2n) is 6.03. The second-order valence-corrected chi connectivity index (χ2v) is 7.82. The molecule has 3 aromatic rings. The van der Waals surface area contributed by atoms with Crippen LogP contribution >= 0.6 is 34.5 Å². The quantitative estimate of drug-likeness (QED) is 0.211. The van der Waals surface area contributed by atoms with Gasteiger partial charge in [-0.1, -0.05) is 35.3 Å². The number of carbonyl (C=O) groups excluding carboxylic acids is 2. The molecule has 9 heteroatoms. The smallest absolute Gasteiger partial charge is 0.353 e. The number of ether oxygens (including phenoxy) is 2. The van der Waals surface area contributed by atoms with Crippen LogP contribution in [0.4, 0.5) is 5.69 Å². The molecule has 0 aliphatic heterocycles. The summed E-state index contributed by atoms with van der Waals surface area (Å²) >= 11 is 13.2. The summed E-state index contributed by atoms with van der Waals surface area (Å²) in [7, 11) is 1.42. The zero-order valence-electron chi connectivity index (χ0n) is 16.0. The van der Waals surface area contributed by atoms with Gasteiger partial charge in [-0.2, -0.15) is 5.26 Å². The van der Waals surface area contributed by atoms with E-state index in [1.54, 1.807) is 35.7 Å². The predicted molar refractivity (Wildman–Crippen MR) is 121 cm³/mol. The molecule has 1 aromatic heterocycles. The molecule has 1 heterocycles. The molecule has 0 fully saturated rings. The fraction of sp³-hybridized carbons (Fsp3) is 0.0455. The lowest BCUT2D eigenvalue weighted by molar-refractivity contribution is -0.112. The predicted octanol–water partition coefficient (Wildman–Crippen LogP) is 5.83. The maximum Gasteiger partial charge on any atom is 0.353 e. The Morgan fingerprint density at radius 1 is 1.13 bits per heavy atom. The Morgan fingerprint density at radius 2 is 1.94 bits per heavy atom. The number of carbonyl (C=O) groups is 2. The summed E-state index contributed by atoms with van der Waals surface area (Å²) in [6, 6.07) is 14.5. The van der Waals surface area contributed by atoms with Crippen LogP contribution in [0.3, 0.4) is 0 Å². The molecule has 6 nitrogen and oxygen atoms in total. The lowest BCUT2D eigenvalue weighted by atomic mass is 10.1. The van der Waals surface area contributed by atoms with E-state index in [0.29, 0.717) is 15.5 Å². The number of anilines is 1. The molecular formula is C22H14Cl2N2O4S. The number of nitrogens with zero attached hydrogens (tertiary/aromatic N) is 1. The molecule has 0 spiro atoms. The van der Waals surface area contributed by atoms with Crippen LogP contribution in [0.15, 0.2) is 59.5 Å². The van der Waals surface area contributed by atoms with Crippen LogP contribution in [0.5, 0.6) is 11.5 Å². The van der Waals surface area contributed by atoms with E-state index >= 15 is 0 Å². The molecule has 31 heavy (non-hydrogen) atoms. The van der Waals surface area contributed by atoms with E-state index in [0.717, 1.165) is 0 Å². The van der Waals surface area contributed by atoms with E-state index in [1.165, 1.54) is 42.7 Å². The Morgan fingerprint density at radius 3 is 2.61 bits per heavy atom. The number of thiophene rings is 1. The van der Waals surface area contributed by atoms with Crippen molar-refractivity contribution in [2.45, 2.75) is 0 Å². The van der Waals surface area contributed by atoms with E-state index in [4.69, 9.17) is 32.7 Å². The molecule has 0 bridgehead atoms. The lowest BCUT2D eigenvalue weighted by Gasteiger charge is -2.10. The summed E-state index contributed by atoms with van der Waals surface area (Å²) in [5.74, 6) is -0.674.